The lowest BCUT2D eigenvalue weighted by Gasteiger charge is -2.05. The number of nitrogens with zero attached hydrogens (tertiary/aromatic N) is 1. The number of amides is 1. The largest absolute Gasteiger partial charge is 0.360 e. The molecule has 0 fully saturated rings. The average molecular weight is 412 g/mol. The van der Waals surface area contributed by atoms with Crippen molar-refractivity contribution in [1.29, 1.82) is 0 Å². The van der Waals surface area contributed by atoms with E-state index in [0.29, 0.717) is 25.1 Å². The lowest BCUT2D eigenvalue weighted by Crippen LogP contribution is -2.22. The highest BCUT2D eigenvalue weighted by Gasteiger charge is 2.11. The van der Waals surface area contributed by atoms with Gasteiger partial charge in [0.15, 0.2) is 5.15 Å². The van der Waals surface area contributed by atoms with Gasteiger partial charge in [0.1, 0.15) is 11.6 Å². The Bertz CT molecular complexity index is 1160. The number of carbonyl (C=O) groups excluding carboxylic acids is 1. The van der Waals surface area contributed by atoms with Crippen LogP contribution in [-0.2, 0) is 17.8 Å². The van der Waals surface area contributed by atoms with E-state index in [1.807, 2.05) is 19.1 Å². The van der Waals surface area contributed by atoms with Crippen molar-refractivity contribution in [2.24, 2.45) is 0 Å². The molecule has 2 N–H and O–H groups in total. The predicted octanol–water partition coefficient (Wildman–Crippen LogP) is 5.17. The summed E-state index contributed by atoms with van der Waals surface area (Å²) in [6.45, 7) is 2.46. The third-order valence-corrected chi connectivity index (χ3v) is 5.05. The number of H-pyrrole nitrogens is 1. The van der Waals surface area contributed by atoms with E-state index in [0.717, 1.165) is 33.3 Å². The van der Waals surface area contributed by atoms with E-state index < -0.39 is 0 Å². The van der Waals surface area contributed by atoms with Gasteiger partial charge in [-0.25, -0.2) is 4.39 Å². The lowest BCUT2D eigenvalue weighted by atomic mass is 10.0. The van der Waals surface area contributed by atoms with Gasteiger partial charge in [-0.05, 0) is 60.0 Å². The molecule has 2 aromatic carbocycles. The fourth-order valence-electron chi connectivity index (χ4n) is 3.32. The van der Waals surface area contributed by atoms with E-state index in [9.17, 15) is 9.18 Å². The lowest BCUT2D eigenvalue weighted by molar-refractivity contribution is -0.121. The number of nitrogens with one attached hydrogen (secondary N) is 2. The van der Waals surface area contributed by atoms with E-state index in [1.54, 1.807) is 18.2 Å². The standard InChI is InChI=1S/C22H19ClFN3O2/c1-13-18-10-14(12-25-21(28)9-7-17-11-20(23)27-29-17)2-8-19(18)26-22(13)15-3-5-16(24)6-4-15/h2-6,8,10-11,26H,7,9,12H2,1H3,(H,25,28). The number of hydrogen-bond acceptors (Lipinski definition) is 3. The maximum Gasteiger partial charge on any atom is 0.220 e. The molecule has 0 atom stereocenters. The van der Waals surface area contributed by atoms with Crippen LogP contribution in [0.3, 0.4) is 0 Å². The number of aromatic nitrogens is 2. The van der Waals surface area contributed by atoms with Crippen molar-refractivity contribution in [3.63, 3.8) is 0 Å². The number of rotatable bonds is 6. The molecule has 0 spiro atoms. The molecule has 4 aromatic rings. The Labute approximate surface area is 171 Å². The molecular formula is C22H19ClFN3O2. The first kappa shape index (κ1) is 19.2. The van der Waals surface area contributed by atoms with Gasteiger partial charge in [-0.15, -0.1) is 0 Å². The fraction of sp³-hybridized carbons (Fsp3) is 0.182. The van der Waals surface area contributed by atoms with Crippen LogP contribution in [0.5, 0.6) is 0 Å². The summed E-state index contributed by atoms with van der Waals surface area (Å²) in [5, 5.41) is 7.87. The van der Waals surface area contributed by atoms with Crippen LogP contribution >= 0.6 is 11.6 Å². The Balaban J connectivity index is 1.44. The summed E-state index contributed by atoms with van der Waals surface area (Å²) in [6, 6.07) is 14.1. The number of carbonyl (C=O) groups is 1. The van der Waals surface area contributed by atoms with Crippen molar-refractivity contribution in [3.05, 3.63) is 76.4 Å². The quantitative estimate of drug-likeness (QED) is 0.459. The number of aryl methyl sites for hydroxylation is 2. The van der Waals surface area contributed by atoms with Gasteiger partial charge >= 0.3 is 0 Å². The summed E-state index contributed by atoms with van der Waals surface area (Å²) in [5.41, 5.74) is 4.98. The first-order valence-corrected chi connectivity index (χ1v) is 9.62. The summed E-state index contributed by atoms with van der Waals surface area (Å²) in [4.78, 5) is 15.5. The Morgan fingerprint density at radius 3 is 2.72 bits per heavy atom. The molecule has 1 amide bonds. The first-order chi connectivity index (χ1) is 14.0. The van der Waals surface area contributed by atoms with Crippen LogP contribution < -0.4 is 5.32 Å². The van der Waals surface area contributed by atoms with Crippen molar-refractivity contribution in [1.82, 2.24) is 15.5 Å². The van der Waals surface area contributed by atoms with Gasteiger partial charge in [-0.1, -0.05) is 22.8 Å². The van der Waals surface area contributed by atoms with Crippen LogP contribution in [0, 0.1) is 12.7 Å². The summed E-state index contributed by atoms with van der Waals surface area (Å²) < 4.78 is 18.2. The summed E-state index contributed by atoms with van der Waals surface area (Å²) in [7, 11) is 0. The van der Waals surface area contributed by atoms with Gasteiger partial charge in [0.05, 0.1) is 0 Å². The van der Waals surface area contributed by atoms with E-state index in [4.69, 9.17) is 16.1 Å². The number of benzene rings is 2. The molecule has 0 saturated heterocycles. The zero-order valence-electron chi connectivity index (χ0n) is 15.8. The molecule has 0 radical (unpaired) electrons. The minimum atomic E-state index is -0.257. The minimum absolute atomic E-state index is 0.0737. The Morgan fingerprint density at radius 1 is 1.21 bits per heavy atom. The number of fused-ring (bicyclic) bond motifs is 1. The third-order valence-electron chi connectivity index (χ3n) is 4.87. The monoisotopic (exact) mass is 411 g/mol. The van der Waals surface area contributed by atoms with E-state index >= 15 is 0 Å². The summed E-state index contributed by atoms with van der Waals surface area (Å²) in [6.07, 6.45) is 0.744. The zero-order chi connectivity index (χ0) is 20.4. The Kier molecular flexibility index (Phi) is 5.36. The molecule has 0 bridgehead atoms. The summed E-state index contributed by atoms with van der Waals surface area (Å²) >= 11 is 5.70. The molecule has 148 valence electrons. The van der Waals surface area contributed by atoms with Crippen LogP contribution in [0.1, 0.15) is 23.3 Å². The first-order valence-electron chi connectivity index (χ1n) is 9.24. The number of aromatic amines is 1. The van der Waals surface area contributed by atoms with E-state index in [2.05, 4.69) is 21.5 Å². The van der Waals surface area contributed by atoms with Crippen LogP contribution in [-0.4, -0.2) is 16.0 Å². The molecular weight excluding hydrogens is 393 g/mol. The van der Waals surface area contributed by atoms with E-state index in [-0.39, 0.29) is 16.9 Å². The van der Waals surface area contributed by atoms with Gasteiger partial charge in [-0.3, -0.25) is 4.79 Å². The molecule has 0 aliphatic rings. The maximum atomic E-state index is 13.2. The normalized spacial score (nSPS) is 11.1. The van der Waals surface area contributed by atoms with Crippen molar-refractivity contribution in [2.45, 2.75) is 26.3 Å². The molecule has 0 saturated carbocycles. The molecule has 29 heavy (non-hydrogen) atoms. The van der Waals surface area contributed by atoms with Crippen LogP contribution in [0.4, 0.5) is 4.39 Å². The Hall–Kier alpha value is -3.12. The highest BCUT2D eigenvalue weighted by atomic mass is 35.5. The molecule has 0 unspecified atom stereocenters. The molecule has 0 aliphatic heterocycles. The topological polar surface area (TPSA) is 70.9 Å². The zero-order valence-corrected chi connectivity index (χ0v) is 16.5. The van der Waals surface area contributed by atoms with E-state index in [1.165, 1.54) is 12.1 Å². The maximum absolute atomic E-state index is 13.2. The third kappa shape index (κ3) is 4.32. The van der Waals surface area contributed by atoms with Crippen molar-refractivity contribution in [3.8, 4) is 11.3 Å². The SMILES string of the molecule is Cc1c(-c2ccc(F)cc2)[nH]c2ccc(CNC(=O)CCc3cc(Cl)no3)cc12. The highest BCUT2D eigenvalue weighted by Crippen LogP contribution is 2.30. The van der Waals surface area contributed by atoms with Gasteiger partial charge in [0, 0.05) is 42.0 Å². The molecule has 2 aromatic heterocycles. The second-order valence-electron chi connectivity index (χ2n) is 6.90. The fourth-order valence-corrected chi connectivity index (χ4v) is 3.48. The second kappa shape index (κ2) is 8.09. The van der Waals surface area contributed by atoms with Gasteiger partial charge in [0.2, 0.25) is 5.91 Å². The van der Waals surface area contributed by atoms with Crippen LogP contribution in [0.25, 0.3) is 22.2 Å². The van der Waals surface area contributed by atoms with Crippen molar-refractivity contribution >= 4 is 28.4 Å². The molecule has 0 aliphatic carbocycles. The smallest absolute Gasteiger partial charge is 0.220 e. The molecule has 4 rings (SSSR count). The highest BCUT2D eigenvalue weighted by molar-refractivity contribution is 6.29. The molecule has 7 heteroatoms. The molecule has 5 nitrogen and oxygen atoms in total. The second-order valence-corrected chi connectivity index (χ2v) is 7.29. The summed E-state index contributed by atoms with van der Waals surface area (Å²) in [5.74, 6) is 0.255. The Morgan fingerprint density at radius 2 is 2.00 bits per heavy atom. The molecule has 2 heterocycles. The predicted molar refractivity (Wildman–Crippen MR) is 110 cm³/mol. The average Bonchev–Trinajstić information content (AvgIpc) is 3.28. The van der Waals surface area contributed by atoms with Gasteiger partial charge in [-0.2, -0.15) is 0 Å². The minimum Gasteiger partial charge on any atom is -0.360 e. The van der Waals surface area contributed by atoms with Crippen molar-refractivity contribution in [2.75, 3.05) is 0 Å². The van der Waals surface area contributed by atoms with Crippen LogP contribution in [0.15, 0.2) is 53.1 Å². The van der Waals surface area contributed by atoms with Gasteiger partial charge in [0.25, 0.3) is 0 Å². The number of hydrogen-bond donors (Lipinski definition) is 2. The number of halogens is 2. The van der Waals surface area contributed by atoms with Crippen molar-refractivity contribution < 1.29 is 13.7 Å². The van der Waals surface area contributed by atoms with Gasteiger partial charge < -0.3 is 14.8 Å². The van der Waals surface area contributed by atoms with Crippen LogP contribution in [0.2, 0.25) is 5.15 Å².